The van der Waals surface area contributed by atoms with Crippen LogP contribution in [0.25, 0.3) is 5.57 Å². The van der Waals surface area contributed by atoms with Crippen LogP contribution in [0.1, 0.15) is 48.0 Å². The third-order valence-electron chi connectivity index (χ3n) is 10.6. The molecule has 4 aromatic rings. The molecule has 322 valence electrons. The minimum atomic E-state index is -5.57. The molecule has 1 fully saturated rings. The number of nitrogens with one attached hydrogen (secondary N) is 2. The van der Waals surface area contributed by atoms with Gasteiger partial charge in [0.05, 0.1) is 10.7 Å². The predicted octanol–water partition coefficient (Wildman–Crippen LogP) is 8.78. The fourth-order valence-electron chi connectivity index (χ4n) is 7.40. The summed E-state index contributed by atoms with van der Waals surface area (Å²) in [5.41, 5.74) is 4.89. The van der Waals surface area contributed by atoms with Crippen LogP contribution in [0.5, 0.6) is 0 Å². The number of halogens is 4. The van der Waals surface area contributed by atoms with Gasteiger partial charge in [0, 0.05) is 65.7 Å². The topological polar surface area (TPSA) is 119 Å². The molecule has 0 bridgehead atoms. The van der Waals surface area contributed by atoms with Crippen LogP contribution in [0.3, 0.4) is 0 Å². The molecule has 0 unspecified atom stereocenters. The van der Waals surface area contributed by atoms with Crippen molar-refractivity contribution in [2.75, 3.05) is 69.3 Å². The number of alkyl halides is 2. The predicted molar refractivity (Wildman–Crippen MR) is 239 cm³/mol. The number of hydrogen-bond acceptors (Lipinski definition) is 10. The Bertz CT molecular complexity index is 2360. The summed E-state index contributed by atoms with van der Waals surface area (Å²) in [6.07, 6.45) is 5.04. The van der Waals surface area contributed by atoms with E-state index in [-0.39, 0.29) is 17.3 Å². The third-order valence-corrected chi connectivity index (χ3v) is 15.5. The summed E-state index contributed by atoms with van der Waals surface area (Å²) in [6, 6.07) is 25.8. The Morgan fingerprint density at radius 1 is 0.850 bits per heavy atom. The molecular weight excluding hydrogens is 872 g/mol. The van der Waals surface area contributed by atoms with Gasteiger partial charge >= 0.3 is 5.76 Å². The number of carbonyl (C=O) groups is 1. The van der Waals surface area contributed by atoms with E-state index in [1.807, 2.05) is 66.2 Å². The molecule has 4 aromatic carbocycles. The molecule has 10 nitrogen and oxygen atoms in total. The second-order valence-electron chi connectivity index (χ2n) is 15.2. The molecule has 1 amide bonds. The summed E-state index contributed by atoms with van der Waals surface area (Å²) < 4.78 is 83.6. The number of amides is 1. The second kappa shape index (κ2) is 20.4. The number of sulfonamides is 1. The quantitative estimate of drug-likeness (QED) is 0.0996. The summed E-state index contributed by atoms with van der Waals surface area (Å²) in [5.74, 6) is -4.55. The van der Waals surface area contributed by atoms with Crippen LogP contribution in [0, 0.1) is 0 Å². The molecule has 1 aliphatic heterocycles. The molecule has 0 spiro atoms. The van der Waals surface area contributed by atoms with Crippen molar-refractivity contribution < 1.29 is 30.4 Å². The van der Waals surface area contributed by atoms with Crippen molar-refractivity contribution in [2.24, 2.45) is 0 Å². The summed E-state index contributed by atoms with van der Waals surface area (Å²) in [7, 11) is -6.82. The van der Waals surface area contributed by atoms with E-state index in [1.165, 1.54) is 59.5 Å². The van der Waals surface area contributed by atoms with E-state index in [4.69, 9.17) is 23.2 Å². The number of nitrogens with zero attached hydrogens (tertiary/aromatic N) is 3. The average molecular weight is 921 g/mol. The maximum Gasteiger partial charge on any atom is 0.341 e. The molecule has 1 saturated heterocycles. The SMILES string of the molecule is CN(C)CC[C@H](CSc1ccccc1)Nc1ccc(S(=O)(=O)NC(=O)c2ccc(N3CCN(CC4=C(c5ccc(Cl)cc5)CCCC4)CC3)cc2)c(S(=O)(=O)C(F)F)c1Cl. The molecule has 2 aliphatic rings. The number of thioether (sulfide) groups is 1. The van der Waals surface area contributed by atoms with Crippen LogP contribution in [0.4, 0.5) is 20.2 Å². The van der Waals surface area contributed by atoms with Gasteiger partial charge in [-0.3, -0.25) is 9.69 Å². The van der Waals surface area contributed by atoms with Gasteiger partial charge < -0.3 is 15.1 Å². The minimum Gasteiger partial charge on any atom is -0.380 e. The van der Waals surface area contributed by atoms with Crippen LogP contribution in [-0.4, -0.2) is 103 Å². The Balaban J connectivity index is 1.13. The maximum atomic E-state index is 14.1. The van der Waals surface area contributed by atoms with E-state index in [0.717, 1.165) is 67.2 Å². The summed E-state index contributed by atoms with van der Waals surface area (Å²) >= 11 is 14.2. The van der Waals surface area contributed by atoms with E-state index in [9.17, 15) is 30.4 Å². The van der Waals surface area contributed by atoms with Crippen molar-refractivity contribution in [1.29, 1.82) is 0 Å². The number of anilines is 2. The summed E-state index contributed by atoms with van der Waals surface area (Å²) in [4.78, 5) is 18.6. The molecular formula is C43H49Cl2F2N5O5S3. The molecule has 1 atom stereocenters. The number of rotatable bonds is 17. The average Bonchev–Trinajstić information content (AvgIpc) is 3.23. The number of carbonyl (C=O) groups excluding carboxylic acids is 1. The second-order valence-corrected chi connectivity index (χ2v) is 20.6. The molecule has 0 radical (unpaired) electrons. The van der Waals surface area contributed by atoms with Crippen LogP contribution in [-0.2, 0) is 19.9 Å². The Morgan fingerprint density at radius 2 is 1.52 bits per heavy atom. The Hall–Kier alpha value is -3.70. The lowest BCUT2D eigenvalue weighted by Crippen LogP contribution is -2.47. The van der Waals surface area contributed by atoms with E-state index in [0.29, 0.717) is 18.7 Å². The fourth-order valence-corrected chi connectivity index (χ4v) is 11.7. The number of piperazine rings is 1. The summed E-state index contributed by atoms with van der Waals surface area (Å²) in [6.45, 7) is 4.70. The number of sulfone groups is 1. The molecule has 0 saturated carbocycles. The van der Waals surface area contributed by atoms with Gasteiger partial charge in [0.2, 0.25) is 9.84 Å². The molecule has 1 aliphatic carbocycles. The van der Waals surface area contributed by atoms with Crippen molar-refractivity contribution >= 4 is 77.7 Å². The van der Waals surface area contributed by atoms with E-state index in [1.54, 1.807) is 12.1 Å². The van der Waals surface area contributed by atoms with Crippen molar-refractivity contribution in [1.82, 2.24) is 14.5 Å². The van der Waals surface area contributed by atoms with E-state index < -0.39 is 46.3 Å². The van der Waals surface area contributed by atoms with Gasteiger partial charge in [-0.2, -0.15) is 8.78 Å². The monoisotopic (exact) mass is 919 g/mol. The van der Waals surface area contributed by atoms with Gasteiger partial charge in [0.15, 0.2) is 0 Å². The molecule has 2 N–H and O–H groups in total. The van der Waals surface area contributed by atoms with Crippen molar-refractivity contribution in [3.8, 4) is 0 Å². The standard InChI is InChI=1S/C43H49Cl2F2N5O5S3/c1-50(2)23-22-34(29-58-36-9-4-3-5-10-36)48-38-20-21-39(41(40(38)45)59(54,55)43(46)47)60(56,57)49-42(53)31-14-18-35(19-15-31)52-26-24-51(25-27-52)28-32-8-6-7-11-37(32)30-12-16-33(44)17-13-30/h3-5,9-10,12-21,34,43,48H,6-8,11,22-29H2,1-2H3,(H,49,53)/t34-/m1/s1. The van der Waals surface area contributed by atoms with Gasteiger partial charge in [0.25, 0.3) is 15.9 Å². The third kappa shape index (κ3) is 11.6. The lowest BCUT2D eigenvalue weighted by atomic mass is 9.87. The zero-order valence-electron chi connectivity index (χ0n) is 33.4. The van der Waals surface area contributed by atoms with E-state index >= 15 is 0 Å². The highest BCUT2D eigenvalue weighted by molar-refractivity contribution is 7.99. The zero-order valence-corrected chi connectivity index (χ0v) is 37.4. The summed E-state index contributed by atoms with van der Waals surface area (Å²) in [5, 5.41) is 3.15. The number of benzene rings is 4. The molecule has 1 heterocycles. The van der Waals surface area contributed by atoms with E-state index in [2.05, 4.69) is 27.2 Å². The molecule has 0 aromatic heterocycles. The Kier molecular flexibility index (Phi) is 15.6. The normalized spacial score (nSPS) is 16.0. The minimum absolute atomic E-state index is 0.0257. The van der Waals surface area contributed by atoms with Crippen molar-refractivity contribution in [2.45, 2.75) is 58.6 Å². The largest absolute Gasteiger partial charge is 0.380 e. The van der Waals surface area contributed by atoms with Crippen LogP contribution in [0.2, 0.25) is 10.0 Å². The van der Waals surface area contributed by atoms with Crippen molar-refractivity contribution in [3.63, 3.8) is 0 Å². The van der Waals surface area contributed by atoms with Crippen LogP contribution >= 0.6 is 35.0 Å². The highest BCUT2D eigenvalue weighted by atomic mass is 35.5. The maximum absolute atomic E-state index is 14.1. The first-order valence-electron chi connectivity index (χ1n) is 19.7. The fraction of sp³-hybridized carbons (Fsp3) is 0.372. The molecule has 60 heavy (non-hydrogen) atoms. The van der Waals surface area contributed by atoms with Gasteiger partial charge in [-0.1, -0.05) is 59.1 Å². The zero-order chi connectivity index (χ0) is 43.0. The smallest absolute Gasteiger partial charge is 0.341 e. The molecule has 17 heteroatoms. The van der Waals surface area contributed by atoms with Gasteiger partial charge in [-0.15, -0.1) is 11.8 Å². The van der Waals surface area contributed by atoms with Gasteiger partial charge in [0.1, 0.15) is 9.79 Å². The molecule has 6 rings (SSSR count). The highest BCUT2D eigenvalue weighted by Gasteiger charge is 2.38. The van der Waals surface area contributed by atoms with Crippen molar-refractivity contribution in [3.05, 3.63) is 118 Å². The van der Waals surface area contributed by atoms with Crippen LogP contribution < -0.4 is 14.9 Å². The number of allylic oxidation sites excluding steroid dienone is 1. The first-order valence-corrected chi connectivity index (χ1v) is 24.4. The highest BCUT2D eigenvalue weighted by Crippen LogP contribution is 2.39. The first kappa shape index (κ1) is 45.8. The Labute approximate surface area is 366 Å². The lowest BCUT2D eigenvalue weighted by Gasteiger charge is -2.37. The first-order chi connectivity index (χ1) is 28.6. The number of hydrogen-bond donors (Lipinski definition) is 2. The van der Waals surface area contributed by atoms with Gasteiger partial charge in [-0.05, 0) is 125 Å². The lowest BCUT2D eigenvalue weighted by molar-refractivity contribution is 0.0981. The Morgan fingerprint density at radius 3 is 2.17 bits per heavy atom. The van der Waals surface area contributed by atoms with Crippen LogP contribution in [0.15, 0.2) is 111 Å². The van der Waals surface area contributed by atoms with Gasteiger partial charge in [-0.25, -0.2) is 21.6 Å².